The number of aromatic nitrogens is 1. The molecular weight excluding hydrogens is 333 g/mol. The second-order valence-corrected chi connectivity index (χ2v) is 7.43. The number of halogens is 1. The van der Waals surface area contributed by atoms with Gasteiger partial charge >= 0.3 is 5.97 Å². The number of carbonyl (C=O) groups is 1. The largest absolute Gasteiger partial charge is 0.481 e. The van der Waals surface area contributed by atoms with Gasteiger partial charge in [0, 0.05) is 11.6 Å². The zero-order chi connectivity index (χ0) is 18.9. The first kappa shape index (κ1) is 18.4. The zero-order valence-corrected chi connectivity index (χ0v) is 15.6. The van der Waals surface area contributed by atoms with Crippen LogP contribution < -0.4 is 4.74 Å². The lowest BCUT2D eigenvalue weighted by Crippen LogP contribution is -2.17. The number of benzene rings is 1. The molecule has 1 aliphatic carbocycles. The van der Waals surface area contributed by atoms with E-state index in [-0.39, 0.29) is 17.3 Å². The van der Waals surface area contributed by atoms with Gasteiger partial charge in [-0.3, -0.25) is 0 Å². The Morgan fingerprint density at radius 1 is 1.23 bits per heavy atom. The summed E-state index contributed by atoms with van der Waals surface area (Å²) in [5, 5.41) is 0. The summed E-state index contributed by atoms with van der Waals surface area (Å²) in [5.74, 6) is -0.203. The van der Waals surface area contributed by atoms with E-state index in [1.165, 1.54) is 20.4 Å². The van der Waals surface area contributed by atoms with Crippen LogP contribution in [0.5, 0.6) is 5.88 Å². The van der Waals surface area contributed by atoms with Crippen LogP contribution in [0.3, 0.4) is 0 Å². The average Bonchev–Trinajstić information content (AvgIpc) is 3.00. The SMILES string of the molecule is COC(=O)c1ccc(-c2cc(OC)ncc2F)c(C2CCCC2(C)C)c1. The molecule has 1 fully saturated rings. The highest BCUT2D eigenvalue weighted by molar-refractivity contribution is 5.90. The van der Waals surface area contributed by atoms with Gasteiger partial charge in [-0.2, -0.15) is 0 Å². The minimum absolute atomic E-state index is 0.0804. The number of methoxy groups -OCH3 is 2. The molecule has 26 heavy (non-hydrogen) atoms. The molecule has 0 N–H and O–H groups in total. The summed E-state index contributed by atoms with van der Waals surface area (Å²) in [6, 6.07) is 6.94. The van der Waals surface area contributed by atoms with E-state index in [4.69, 9.17) is 9.47 Å². The molecule has 4 nitrogen and oxygen atoms in total. The van der Waals surface area contributed by atoms with Crippen LogP contribution in [-0.2, 0) is 4.74 Å². The van der Waals surface area contributed by atoms with E-state index in [0.717, 1.165) is 30.4 Å². The highest BCUT2D eigenvalue weighted by Gasteiger charge is 2.37. The van der Waals surface area contributed by atoms with Crippen LogP contribution in [0, 0.1) is 11.2 Å². The van der Waals surface area contributed by atoms with Crippen molar-refractivity contribution in [2.45, 2.75) is 39.0 Å². The third-order valence-electron chi connectivity index (χ3n) is 5.43. The lowest BCUT2D eigenvalue weighted by atomic mass is 9.75. The molecule has 138 valence electrons. The number of pyridine rings is 1. The quantitative estimate of drug-likeness (QED) is 0.724. The summed E-state index contributed by atoms with van der Waals surface area (Å²) in [4.78, 5) is 16.0. The van der Waals surface area contributed by atoms with Gasteiger partial charge in [0.1, 0.15) is 5.82 Å². The van der Waals surface area contributed by atoms with Crippen LogP contribution >= 0.6 is 0 Å². The molecule has 0 bridgehead atoms. The fourth-order valence-electron chi connectivity index (χ4n) is 3.98. The summed E-state index contributed by atoms with van der Waals surface area (Å²) in [6.45, 7) is 4.45. The van der Waals surface area contributed by atoms with Crippen LogP contribution in [-0.4, -0.2) is 25.2 Å². The van der Waals surface area contributed by atoms with Crippen LogP contribution in [0.25, 0.3) is 11.1 Å². The van der Waals surface area contributed by atoms with Crippen LogP contribution in [0.15, 0.2) is 30.5 Å². The molecule has 2 aromatic rings. The molecule has 1 atom stereocenters. The van der Waals surface area contributed by atoms with Crippen molar-refractivity contribution in [1.82, 2.24) is 4.98 Å². The Balaban J connectivity index is 2.20. The van der Waals surface area contributed by atoms with Crippen molar-refractivity contribution in [3.8, 4) is 17.0 Å². The van der Waals surface area contributed by atoms with Crippen molar-refractivity contribution in [3.05, 3.63) is 47.4 Å². The van der Waals surface area contributed by atoms with Crippen LogP contribution in [0.1, 0.15) is 54.9 Å². The molecule has 1 aromatic carbocycles. The molecule has 1 aromatic heterocycles. The highest BCUT2D eigenvalue weighted by Crippen LogP contribution is 2.51. The van der Waals surface area contributed by atoms with Crippen LogP contribution in [0.2, 0.25) is 0 Å². The highest BCUT2D eigenvalue weighted by atomic mass is 19.1. The predicted octanol–water partition coefficient (Wildman–Crippen LogP) is 4.98. The summed E-state index contributed by atoms with van der Waals surface area (Å²) >= 11 is 0. The molecule has 0 aliphatic heterocycles. The van der Waals surface area contributed by atoms with Crippen molar-refractivity contribution >= 4 is 5.97 Å². The minimum Gasteiger partial charge on any atom is -0.481 e. The Kier molecular flexibility index (Phi) is 4.99. The molecule has 1 saturated carbocycles. The van der Waals surface area contributed by atoms with Gasteiger partial charge in [-0.25, -0.2) is 14.2 Å². The maximum absolute atomic E-state index is 14.6. The number of esters is 1. The number of nitrogens with zero attached hydrogens (tertiary/aromatic N) is 1. The van der Waals surface area contributed by atoms with Gasteiger partial charge in [-0.1, -0.05) is 26.3 Å². The first-order valence-corrected chi connectivity index (χ1v) is 8.79. The number of rotatable bonds is 4. The predicted molar refractivity (Wildman–Crippen MR) is 97.9 cm³/mol. The lowest BCUT2D eigenvalue weighted by molar-refractivity contribution is 0.0600. The smallest absolute Gasteiger partial charge is 0.337 e. The normalized spacial score (nSPS) is 18.6. The third kappa shape index (κ3) is 3.30. The monoisotopic (exact) mass is 357 g/mol. The average molecular weight is 357 g/mol. The summed E-state index contributed by atoms with van der Waals surface area (Å²) < 4.78 is 24.6. The van der Waals surface area contributed by atoms with Crippen molar-refractivity contribution in [3.63, 3.8) is 0 Å². The van der Waals surface area contributed by atoms with Gasteiger partial charge in [-0.15, -0.1) is 0 Å². The topological polar surface area (TPSA) is 48.4 Å². The Hall–Kier alpha value is -2.43. The van der Waals surface area contributed by atoms with E-state index in [9.17, 15) is 9.18 Å². The Labute approximate surface area is 153 Å². The van der Waals surface area contributed by atoms with E-state index in [0.29, 0.717) is 17.0 Å². The first-order chi connectivity index (χ1) is 12.4. The minimum atomic E-state index is -0.409. The number of hydrogen-bond acceptors (Lipinski definition) is 4. The lowest BCUT2D eigenvalue weighted by Gasteiger charge is -2.29. The second kappa shape index (κ2) is 7.06. The Morgan fingerprint density at radius 2 is 2.00 bits per heavy atom. The van der Waals surface area contributed by atoms with Gasteiger partial charge in [0.15, 0.2) is 0 Å². The molecule has 0 saturated heterocycles. The summed E-state index contributed by atoms with van der Waals surface area (Å²) in [5.41, 5.74) is 2.75. The first-order valence-electron chi connectivity index (χ1n) is 8.79. The van der Waals surface area contributed by atoms with E-state index in [1.807, 2.05) is 6.07 Å². The molecule has 1 heterocycles. The van der Waals surface area contributed by atoms with Gasteiger partial charge in [-0.05, 0) is 47.4 Å². The maximum atomic E-state index is 14.6. The molecule has 0 radical (unpaired) electrons. The van der Waals surface area contributed by atoms with Gasteiger partial charge in [0.05, 0.1) is 26.0 Å². The third-order valence-corrected chi connectivity index (χ3v) is 5.43. The fourth-order valence-corrected chi connectivity index (χ4v) is 3.98. The van der Waals surface area contributed by atoms with E-state index in [1.54, 1.807) is 18.2 Å². The molecule has 3 rings (SSSR count). The van der Waals surface area contributed by atoms with Gasteiger partial charge in [0.2, 0.25) is 5.88 Å². The van der Waals surface area contributed by atoms with Gasteiger partial charge < -0.3 is 9.47 Å². The molecule has 1 aliphatic rings. The standard InChI is InChI=1S/C21H24FNO3/c1-21(2)9-5-6-17(21)15-10-13(20(24)26-4)7-8-14(15)16-11-19(25-3)23-12-18(16)22/h7-8,10-12,17H,5-6,9H2,1-4H3. The molecular formula is C21H24FNO3. The zero-order valence-electron chi connectivity index (χ0n) is 15.6. The number of hydrogen-bond donors (Lipinski definition) is 0. The number of ether oxygens (including phenoxy) is 2. The van der Waals surface area contributed by atoms with E-state index >= 15 is 0 Å². The van der Waals surface area contributed by atoms with Crippen molar-refractivity contribution in [2.24, 2.45) is 5.41 Å². The van der Waals surface area contributed by atoms with E-state index in [2.05, 4.69) is 18.8 Å². The molecule has 1 unspecified atom stereocenters. The Bertz CT molecular complexity index is 832. The van der Waals surface area contributed by atoms with Crippen molar-refractivity contribution in [2.75, 3.05) is 14.2 Å². The molecule has 5 heteroatoms. The van der Waals surface area contributed by atoms with Crippen LogP contribution in [0.4, 0.5) is 4.39 Å². The van der Waals surface area contributed by atoms with E-state index < -0.39 is 5.82 Å². The summed E-state index contributed by atoms with van der Waals surface area (Å²) in [7, 11) is 2.87. The van der Waals surface area contributed by atoms with Crippen molar-refractivity contribution < 1.29 is 18.7 Å². The fraction of sp³-hybridized carbons (Fsp3) is 0.429. The van der Waals surface area contributed by atoms with Crippen molar-refractivity contribution in [1.29, 1.82) is 0 Å². The molecule has 0 amide bonds. The maximum Gasteiger partial charge on any atom is 0.337 e. The van der Waals surface area contributed by atoms with Gasteiger partial charge in [0.25, 0.3) is 0 Å². The summed E-state index contributed by atoms with van der Waals surface area (Å²) in [6.07, 6.45) is 4.39. The number of carbonyl (C=O) groups excluding carboxylic acids is 1. The second-order valence-electron chi connectivity index (χ2n) is 7.43. The molecule has 0 spiro atoms. The Morgan fingerprint density at radius 3 is 2.62 bits per heavy atom.